The summed E-state index contributed by atoms with van der Waals surface area (Å²) in [6.07, 6.45) is 62.6. The average molecular weight is 1440 g/mol. The Balaban J connectivity index is 5.17. The van der Waals surface area contributed by atoms with Gasteiger partial charge in [0.2, 0.25) is 0 Å². The molecule has 0 bridgehead atoms. The van der Waals surface area contributed by atoms with Crippen molar-refractivity contribution in [3.8, 4) is 0 Å². The molecule has 0 amide bonds. The summed E-state index contributed by atoms with van der Waals surface area (Å²) in [6, 6.07) is 0. The summed E-state index contributed by atoms with van der Waals surface area (Å²) in [7, 11) is -9.91. The number of hydrogen-bond donors (Lipinski definition) is 3. The number of phosphoric acid groups is 2. The highest BCUT2D eigenvalue weighted by atomic mass is 31.2. The van der Waals surface area contributed by atoms with Gasteiger partial charge in [-0.25, -0.2) is 9.13 Å². The number of phosphoric ester groups is 2. The molecule has 0 fully saturated rings. The fourth-order valence-corrected chi connectivity index (χ4v) is 13.8. The lowest BCUT2D eigenvalue weighted by Crippen LogP contribution is -2.30. The zero-order chi connectivity index (χ0) is 71.9. The van der Waals surface area contributed by atoms with Crippen LogP contribution in [-0.4, -0.2) is 96.7 Å². The van der Waals surface area contributed by atoms with Crippen LogP contribution in [0.1, 0.15) is 420 Å². The lowest BCUT2D eigenvalue weighted by molar-refractivity contribution is -0.161. The molecule has 17 nitrogen and oxygen atoms in total. The Morgan fingerprint density at radius 2 is 0.469 bits per heavy atom. The molecule has 0 saturated carbocycles. The van der Waals surface area contributed by atoms with Crippen molar-refractivity contribution < 1.29 is 80.2 Å². The number of ether oxygens (including phenoxy) is 4. The Bertz CT molecular complexity index is 1870. The van der Waals surface area contributed by atoms with Crippen LogP contribution < -0.4 is 0 Å². The lowest BCUT2D eigenvalue weighted by Gasteiger charge is -2.21. The summed E-state index contributed by atoms with van der Waals surface area (Å²) in [5.74, 6) is -1.31. The Labute approximate surface area is 600 Å². The van der Waals surface area contributed by atoms with Crippen LogP contribution in [0.15, 0.2) is 0 Å². The van der Waals surface area contributed by atoms with Crippen molar-refractivity contribution in [1.82, 2.24) is 0 Å². The zero-order valence-electron chi connectivity index (χ0n) is 63.9. The molecular formula is C79H154O17P2. The maximum absolute atomic E-state index is 13.1. The molecular weight excluding hydrogens is 1280 g/mol. The number of unbranched alkanes of at least 4 members (excludes halogenated alkanes) is 51. The summed E-state index contributed by atoms with van der Waals surface area (Å²) in [4.78, 5) is 72.8. The van der Waals surface area contributed by atoms with Gasteiger partial charge < -0.3 is 33.8 Å². The van der Waals surface area contributed by atoms with Crippen LogP contribution in [0, 0.1) is 5.92 Å². The summed E-state index contributed by atoms with van der Waals surface area (Å²) >= 11 is 0. The predicted molar refractivity (Wildman–Crippen MR) is 400 cm³/mol. The van der Waals surface area contributed by atoms with Gasteiger partial charge in [0.25, 0.3) is 0 Å². The molecule has 0 aromatic rings. The topological polar surface area (TPSA) is 237 Å². The fourth-order valence-electron chi connectivity index (χ4n) is 12.2. The average Bonchev–Trinajstić information content (AvgIpc) is 1.04. The van der Waals surface area contributed by atoms with Crippen molar-refractivity contribution in [2.24, 2.45) is 5.92 Å². The van der Waals surface area contributed by atoms with E-state index in [0.717, 1.165) is 102 Å². The summed E-state index contributed by atoms with van der Waals surface area (Å²) in [6.45, 7) is 7.31. The molecule has 582 valence electrons. The third kappa shape index (κ3) is 72.4. The largest absolute Gasteiger partial charge is 0.472 e. The summed E-state index contributed by atoms with van der Waals surface area (Å²) in [5.41, 5.74) is 0. The van der Waals surface area contributed by atoms with Gasteiger partial charge in [0.05, 0.1) is 26.4 Å². The number of hydrogen-bond acceptors (Lipinski definition) is 15. The molecule has 2 unspecified atom stereocenters. The van der Waals surface area contributed by atoms with Crippen molar-refractivity contribution in [1.29, 1.82) is 0 Å². The van der Waals surface area contributed by atoms with Gasteiger partial charge in [0.15, 0.2) is 12.2 Å². The van der Waals surface area contributed by atoms with E-state index in [0.29, 0.717) is 25.7 Å². The van der Waals surface area contributed by atoms with Crippen LogP contribution in [0.3, 0.4) is 0 Å². The minimum absolute atomic E-state index is 0.107. The molecule has 0 spiro atoms. The zero-order valence-corrected chi connectivity index (χ0v) is 65.7. The van der Waals surface area contributed by atoms with E-state index in [1.54, 1.807) is 0 Å². The Kier molecular flexibility index (Phi) is 70.6. The number of aliphatic hydroxyl groups excluding tert-OH is 1. The van der Waals surface area contributed by atoms with E-state index < -0.39 is 97.5 Å². The Hall–Kier alpha value is -1.94. The van der Waals surface area contributed by atoms with Gasteiger partial charge in [-0.05, 0) is 31.6 Å². The van der Waals surface area contributed by atoms with Gasteiger partial charge in [-0.15, -0.1) is 0 Å². The van der Waals surface area contributed by atoms with Gasteiger partial charge in [-0.2, -0.15) is 0 Å². The molecule has 19 heteroatoms. The van der Waals surface area contributed by atoms with Crippen molar-refractivity contribution in [3.63, 3.8) is 0 Å². The summed E-state index contributed by atoms with van der Waals surface area (Å²) in [5, 5.41) is 10.6. The van der Waals surface area contributed by atoms with Crippen LogP contribution in [-0.2, 0) is 65.4 Å². The molecule has 5 atom stereocenters. The molecule has 0 aliphatic rings. The maximum Gasteiger partial charge on any atom is 0.472 e. The second-order valence-corrected chi connectivity index (χ2v) is 31.8. The van der Waals surface area contributed by atoms with Gasteiger partial charge >= 0.3 is 39.5 Å². The van der Waals surface area contributed by atoms with E-state index >= 15 is 0 Å². The number of carbonyl (C=O) groups excluding carboxylic acids is 4. The molecule has 0 aromatic carbocycles. The third-order valence-corrected chi connectivity index (χ3v) is 20.4. The number of rotatable bonds is 79. The van der Waals surface area contributed by atoms with Crippen molar-refractivity contribution in [3.05, 3.63) is 0 Å². The van der Waals surface area contributed by atoms with E-state index in [1.807, 2.05) is 0 Å². The highest BCUT2D eigenvalue weighted by Gasteiger charge is 2.30. The SMILES string of the molecule is CCCCCCCCCCCCCCCCCCCCCCCC(=O)O[C@H](COC(=O)CCCCCCCCCCCCCCCCCC(C)C)COP(=O)(O)OC[C@@H](O)COP(=O)(O)OC[C@@H](COC(=O)CCCCCCCCCC)OC(=O)CCCCCCCCCCCCC. The van der Waals surface area contributed by atoms with Crippen LogP contribution in [0.2, 0.25) is 0 Å². The monoisotopic (exact) mass is 1440 g/mol. The first-order valence-corrected chi connectivity index (χ1v) is 44.1. The van der Waals surface area contributed by atoms with Gasteiger partial charge in [0, 0.05) is 25.7 Å². The molecule has 0 aliphatic carbocycles. The fraction of sp³-hybridized carbons (Fsp3) is 0.949. The van der Waals surface area contributed by atoms with Crippen molar-refractivity contribution >= 4 is 39.5 Å². The highest BCUT2D eigenvalue weighted by Crippen LogP contribution is 2.45. The molecule has 0 rings (SSSR count). The molecule has 0 radical (unpaired) electrons. The second kappa shape index (κ2) is 72.0. The van der Waals surface area contributed by atoms with Crippen LogP contribution in [0.4, 0.5) is 0 Å². The first kappa shape index (κ1) is 96.1. The minimum atomic E-state index is -4.96. The van der Waals surface area contributed by atoms with E-state index in [2.05, 4.69) is 34.6 Å². The minimum Gasteiger partial charge on any atom is -0.462 e. The van der Waals surface area contributed by atoms with Gasteiger partial charge in [0.1, 0.15) is 19.3 Å². The Morgan fingerprint density at radius 3 is 0.694 bits per heavy atom. The Morgan fingerprint density at radius 1 is 0.276 bits per heavy atom. The number of carbonyl (C=O) groups is 4. The second-order valence-electron chi connectivity index (χ2n) is 28.9. The van der Waals surface area contributed by atoms with Crippen molar-refractivity contribution in [2.75, 3.05) is 39.6 Å². The predicted octanol–water partition coefficient (Wildman–Crippen LogP) is 23.6. The number of esters is 4. The van der Waals surface area contributed by atoms with E-state index in [-0.39, 0.29) is 25.7 Å². The van der Waals surface area contributed by atoms with Crippen LogP contribution in [0.5, 0.6) is 0 Å². The molecule has 0 heterocycles. The normalized spacial score (nSPS) is 13.9. The van der Waals surface area contributed by atoms with Crippen LogP contribution >= 0.6 is 15.6 Å². The summed E-state index contributed by atoms with van der Waals surface area (Å²) < 4.78 is 68.5. The highest BCUT2D eigenvalue weighted by molar-refractivity contribution is 7.47. The first-order valence-electron chi connectivity index (χ1n) is 41.1. The maximum atomic E-state index is 13.1. The lowest BCUT2D eigenvalue weighted by atomic mass is 10.0. The van der Waals surface area contributed by atoms with Gasteiger partial charge in [-0.3, -0.25) is 37.3 Å². The van der Waals surface area contributed by atoms with E-state index in [4.69, 9.17) is 37.0 Å². The quantitative estimate of drug-likeness (QED) is 0.0222. The number of aliphatic hydroxyl groups is 1. The smallest absolute Gasteiger partial charge is 0.462 e. The first-order chi connectivity index (χ1) is 47.5. The van der Waals surface area contributed by atoms with Gasteiger partial charge in [-0.1, -0.05) is 369 Å². The molecule has 3 N–H and O–H groups in total. The van der Waals surface area contributed by atoms with Crippen molar-refractivity contribution in [2.45, 2.75) is 438 Å². The molecule has 98 heavy (non-hydrogen) atoms. The third-order valence-electron chi connectivity index (χ3n) is 18.5. The molecule has 0 saturated heterocycles. The molecule has 0 aromatic heterocycles. The van der Waals surface area contributed by atoms with E-state index in [1.165, 1.54) is 238 Å². The molecule has 0 aliphatic heterocycles. The van der Waals surface area contributed by atoms with Crippen LogP contribution in [0.25, 0.3) is 0 Å². The standard InChI is InChI=1S/C79H154O17P2/c1-6-9-12-15-18-21-23-24-25-26-27-28-29-30-33-37-41-45-50-55-60-65-79(84)96-75(69-90-77(82)63-58-53-48-43-40-36-34-31-32-35-39-42-46-51-56-61-72(4)5)71-94-98(87,88)92-67-73(80)66-91-97(85,86)93-70-74(68-89-76(81)62-57-52-47-20-17-14-11-8-3)95-78(83)64-59-54-49-44-38-22-19-16-13-10-7-2/h72-75,80H,6-71H2,1-5H3,(H,85,86)(H,87,88)/t73-,74+,75+/m0/s1. The van der Waals surface area contributed by atoms with E-state index in [9.17, 15) is 43.2 Å².